The van der Waals surface area contributed by atoms with Crippen LogP contribution in [0.15, 0.2) is 60.7 Å². The van der Waals surface area contributed by atoms with E-state index in [9.17, 15) is 9.90 Å². The second-order valence-corrected chi connectivity index (χ2v) is 8.05. The minimum atomic E-state index is -1.24. The van der Waals surface area contributed by atoms with Gasteiger partial charge < -0.3 is 15.6 Å². The zero-order chi connectivity index (χ0) is 20.6. The van der Waals surface area contributed by atoms with Crippen LogP contribution >= 0.6 is 35.6 Å². The van der Waals surface area contributed by atoms with Gasteiger partial charge in [-0.05, 0) is 48.2 Å². The number of nitrogens with two attached hydrogens (primary N) is 1. The molecule has 156 valence electrons. The number of halogens is 3. The second kappa shape index (κ2) is 8.86. The van der Waals surface area contributed by atoms with Gasteiger partial charge >= 0.3 is 5.97 Å². The van der Waals surface area contributed by atoms with Gasteiger partial charge in [-0.1, -0.05) is 59.6 Å². The molecule has 1 atom stereocenters. The molecule has 3 aromatic carbocycles. The molecular weight excluding hydrogens is 445 g/mol. The lowest BCUT2D eigenvalue weighted by Crippen LogP contribution is -2.52. The monoisotopic (exact) mass is 463 g/mol. The van der Waals surface area contributed by atoms with E-state index in [2.05, 4.69) is 0 Å². The van der Waals surface area contributed by atoms with E-state index in [4.69, 9.17) is 33.7 Å². The standard InChI is InChI=1S/C23H19Cl2NO3.ClH/c24-19-6-3-5-18(21(19)25)17-4-1-2-7-20(17)29-16-9-8-14-10-11-23(26,22(27)28)13-15(14)12-16;/h1-9,12H,10-11,13,26H2,(H,27,28);1H. The Kier molecular flexibility index (Phi) is 6.63. The van der Waals surface area contributed by atoms with Crippen LogP contribution in [-0.4, -0.2) is 16.6 Å². The summed E-state index contributed by atoms with van der Waals surface area (Å²) in [4.78, 5) is 11.5. The van der Waals surface area contributed by atoms with Gasteiger partial charge in [0.05, 0.1) is 10.0 Å². The topological polar surface area (TPSA) is 72.6 Å². The molecule has 0 saturated heterocycles. The van der Waals surface area contributed by atoms with Crippen LogP contribution in [-0.2, 0) is 17.6 Å². The minimum absolute atomic E-state index is 0. The van der Waals surface area contributed by atoms with Crippen molar-refractivity contribution in [3.8, 4) is 22.6 Å². The largest absolute Gasteiger partial charge is 0.480 e. The van der Waals surface area contributed by atoms with E-state index in [-0.39, 0.29) is 18.8 Å². The Labute approximate surface area is 191 Å². The number of benzene rings is 3. The Morgan fingerprint density at radius 3 is 2.50 bits per heavy atom. The molecule has 4 rings (SSSR count). The van der Waals surface area contributed by atoms with Crippen molar-refractivity contribution in [1.82, 2.24) is 0 Å². The van der Waals surface area contributed by atoms with E-state index in [1.54, 1.807) is 6.07 Å². The molecule has 1 aliphatic rings. The van der Waals surface area contributed by atoms with Crippen molar-refractivity contribution >= 4 is 41.6 Å². The predicted molar refractivity (Wildman–Crippen MR) is 122 cm³/mol. The van der Waals surface area contributed by atoms with Crippen molar-refractivity contribution < 1.29 is 14.6 Å². The lowest BCUT2D eigenvalue weighted by atomic mass is 9.78. The van der Waals surface area contributed by atoms with Crippen LogP contribution in [0.25, 0.3) is 11.1 Å². The molecule has 0 aromatic heterocycles. The number of carbonyl (C=O) groups is 1. The molecule has 0 spiro atoms. The molecule has 0 fully saturated rings. The van der Waals surface area contributed by atoms with Crippen LogP contribution in [0.3, 0.4) is 0 Å². The number of hydrogen-bond donors (Lipinski definition) is 2. The van der Waals surface area contributed by atoms with Gasteiger partial charge in [0.25, 0.3) is 0 Å². The maximum atomic E-state index is 11.5. The Balaban J connectivity index is 0.00000256. The fourth-order valence-corrected chi connectivity index (χ4v) is 4.06. The zero-order valence-corrected chi connectivity index (χ0v) is 18.2. The number of carboxylic acid groups (broad SMARTS) is 1. The molecule has 0 radical (unpaired) electrons. The summed E-state index contributed by atoms with van der Waals surface area (Å²) in [6, 6.07) is 18.8. The fourth-order valence-electron chi connectivity index (χ4n) is 3.66. The number of ether oxygens (including phenoxy) is 1. The maximum absolute atomic E-state index is 11.5. The molecule has 4 nitrogen and oxygen atoms in total. The van der Waals surface area contributed by atoms with E-state index in [1.807, 2.05) is 54.6 Å². The average Bonchev–Trinajstić information content (AvgIpc) is 2.70. The minimum Gasteiger partial charge on any atom is -0.480 e. The molecule has 1 unspecified atom stereocenters. The first-order valence-corrected chi connectivity index (χ1v) is 9.98. The van der Waals surface area contributed by atoms with E-state index in [1.165, 1.54) is 0 Å². The van der Waals surface area contributed by atoms with Crippen LogP contribution in [0.2, 0.25) is 10.0 Å². The molecule has 30 heavy (non-hydrogen) atoms. The molecule has 0 amide bonds. The zero-order valence-electron chi connectivity index (χ0n) is 15.9. The molecule has 0 heterocycles. The number of aryl methyl sites for hydroxylation is 1. The fraction of sp³-hybridized carbons (Fsp3) is 0.174. The van der Waals surface area contributed by atoms with Crippen LogP contribution in [0.4, 0.5) is 0 Å². The van der Waals surface area contributed by atoms with Crippen LogP contribution in [0.1, 0.15) is 17.5 Å². The summed E-state index contributed by atoms with van der Waals surface area (Å²) >= 11 is 12.6. The third kappa shape index (κ3) is 4.28. The van der Waals surface area contributed by atoms with Gasteiger partial charge in [-0.2, -0.15) is 0 Å². The highest BCUT2D eigenvalue weighted by Crippen LogP contribution is 2.40. The summed E-state index contributed by atoms with van der Waals surface area (Å²) in [5.74, 6) is 0.268. The van der Waals surface area contributed by atoms with Crippen LogP contribution < -0.4 is 10.5 Å². The Morgan fingerprint density at radius 1 is 1.00 bits per heavy atom. The summed E-state index contributed by atoms with van der Waals surface area (Å²) in [5, 5.41) is 10.4. The van der Waals surface area contributed by atoms with Crippen LogP contribution in [0, 0.1) is 0 Å². The summed E-state index contributed by atoms with van der Waals surface area (Å²) in [6.07, 6.45) is 1.33. The Bertz CT molecular complexity index is 1100. The summed E-state index contributed by atoms with van der Waals surface area (Å²) < 4.78 is 6.16. The first kappa shape index (κ1) is 22.4. The van der Waals surface area contributed by atoms with Gasteiger partial charge in [0, 0.05) is 17.5 Å². The van der Waals surface area contributed by atoms with Gasteiger partial charge in [0.15, 0.2) is 0 Å². The SMILES string of the molecule is Cl.NC1(C(=O)O)CCc2ccc(Oc3ccccc3-c3cccc(Cl)c3Cl)cc2C1. The molecular formula is C23H20Cl3NO3. The molecule has 0 aliphatic heterocycles. The highest BCUT2D eigenvalue weighted by molar-refractivity contribution is 6.43. The van der Waals surface area contributed by atoms with Crippen molar-refractivity contribution in [2.45, 2.75) is 24.8 Å². The first-order valence-electron chi connectivity index (χ1n) is 9.23. The maximum Gasteiger partial charge on any atom is 0.324 e. The smallest absolute Gasteiger partial charge is 0.324 e. The van der Waals surface area contributed by atoms with E-state index >= 15 is 0 Å². The molecule has 7 heteroatoms. The average molecular weight is 465 g/mol. The van der Waals surface area contributed by atoms with Crippen molar-refractivity contribution in [3.63, 3.8) is 0 Å². The van der Waals surface area contributed by atoms with Gasteiger partial charge in [0.2, 0.25) is 0 Å². The van der Waals surface area contributed by atoms with E-state index < -0.39 is 11.5 Å². The number of fused-ring (bicyclic) bond motifs is 1. The second-order valence-electron chi connectivity index (χ2n) is 7.27. The van der Waals surface area contributed by atoms with Crippen molar-refractivity contribution in [2.24, 2.45) is 5.73 Å². The Morgan fingerprint density at radius 2 is 1.73 bits per heavy atom. The normalized spacial score (nSPS) is 17.6. The molecule has 3 N–H and O–H groups in total. The predicted octanol–water partition coefficient (Wildman–Crippen LogP) is 6.15. The summed E-state index contributed by atoms with van der Waals surface area (Å²) in [7, 11) is 0. The lowest BCUT2D eigenvalue weighted by molar-refractivity contribution is -0.143. The number of carboxylic acids is 1. The molecule has 0 bridgehead atoms. The number of hydrogen-bond acceptors (Lipinski definition) is 3. The van der Waals surface area contributed by atoms with Gasteiger partial charge in [0.1, 0.15) is 17.0 Å². The molecule has 3 aromatic rings. The van der Waals surface area contributed by atoms with E-state index in [0.717, 1.165) is 22.3 Å². The molecule has 1 aliphatic carbocycles. The van der Waals surface area contributed by atoms with Crippen molar-refractivity contribution in [1.29, 1.82) is 0 Å². The summed E-state index contributed by atoms with van der Waals surface area (Å²) in [5.41, 5.74) is 8.44. The third-order valence-corrected chi connectivity index (χ3v) is 6.13. The van der Waals surface area contributed by atoms with E-state index in [0.29, 0.717) is 34.4 Å². The molecule has 0 saturated carbocycles. The number of aliphatic carboxylic acids is 1. The van der Waals surface area contributed by atoms with Crippen LogP contribution in [0.5, 0.6) is 11.5 Å². The van der Waals surface area contributed by atoms with Gasteiger partial charge in [-0.15, -0.1) is 12.4 Å². The lowest BCUT2D eigenvalue weighted by Gasteiger charge is -2.31. The Hall–Kier alpha value is -2.24. The quantitative estimate of drug-likeness (QED) is 0.486. The van der Waals surface area contributed by atoms with Gasteiger partial charge in [-0.25, -0.2) is 0 Å². The highest BCUT2D eigenvalue weighted by Gasteiger charge is 2.37. The summed E-state index contributed by atoms with van der Waals surface area (Å²) in [6.45, 7) is 0. The first-order chi connectivity index (χ1) is 13.9. The van der Waals surface area contributed by atoms with Crippen molar-refractivity contribution in [2.75, 3.05) is 0 Å². The van der Waals surface area contributed by atoms with Crippen molar-refractivity contribution in [3.05, 3.63) is 81.8 Å². The van der Waals surface area contributed by atoms with Gasteiger partial charge in [-0.3, -0.25) is 4.79 Å². The highest BCUT2D eigenvalue weighted by atomic mass is 35.5. The number of rotatable bonds is 4. The third-order valence-electron chi connectivity index (χ3n) is 5.31. The number of para-hydroxylation sites is 1.